The van der Waals surface area contributed by atoms with Gasteiger partial charge in [0.15, 0.2) is 17.5 Å². The predicted molar refractivity (Wildman–Crippen MR) is 98.3 cm³/mol. The third-order valence-electron chi connectivity index (χ3n) is 4.70. The van der Waals surface area contributed by atoms with Gasteiger partial charge in [0, 0.05) is 5.56 Å². The molecule has 0 radical (unpaired) electrons. The molecule has 4 nitrogen and oxygen atoms in total. The number of rotatable bonds is 3. The van der Waals surface area contributed by atoms with Gasteiger partial charge in [-0.2, -0.15) is 0 Å². The van der Waals surface area contributed by atoms with Crippen LogP contribution in [0.4, 0.5) is 19.0 Å². The third kappa shape index (κ3) is 3.47. The lowest BCUT2D eigenvalue weighted by atomic mass is 9.91. The highest BCUT2D eigenvalue weighted by molar-refractivity contribution is 5.92. The maximum atomic E-state index is 13.5. The van der Waals surface area contributed by atoms with E-state index in [1.165, 1.54) is 18.2 Å². The highest BCUT2D eigenvalue weighted by Gasteiger charge is 2.21. The van der Waals surface area contributed by atoms with Crippen LogP contribution in [-0.4, -0.2) is 15.9 Å². The van der Waals surface area contributed by atoms with Crippen molar-refractivity contribution in [3.05, 3.63) is 76.4 Å². The molecule has 28 heavy (non-hydrogen) atoms. The number of carbonyl (C=O) groups is 1. The topological polar surface area (TPSA) is 54.9 Å². The average Bonchev–Trinajstić information content (AvgIpc) is 2.65. The Kier molecular flexibility index (Phi) is 4.58. The number of nitrogens with one attached hydrogen (secondary N) is 1. The molecule has 3 aromatic rings. The Bertz CT molecular complexity index is 1100. The van der Waals surface area contributed by atoms with Crippen LogP contribution < -0.4 is 5.32 Å². The predicted octanol–water partition coefficient (Wildman–Crippen LogP) is 4.15. The van der Waals surface area contributed by atoms with E-state index in [4.69, 9.17) is 0 Å². The molecule has 0 saturated carbocycles. The van der Waals surface area contributed by atoms with Crippen LogP contribution in [0.25, 0.3) is 11.3 Å². The summed E-state index contributed by atoms with van der Waals surface area (Å²) >= 11 is 0. The Morgan fingerprint density at radius 2 is 1.86 bits per heavy atom. The van der Waals surface area contributed by atoms with Crippen molar-refractivity contribution in [1.82, 2.24) is 9.97 Å². The fraction of sp³-hybridized carbons (Fsp3) is 0.190. The first-order valence-electron chi connectivity index (χ1n) is 8.81. The normalized spacial score (nSPS) is 12.3. The van der Waals surface area contributed by atoms with Crippen molar-refractivity contribution < 1.29 is 18.0 Å². The fourth-order valence-corrected chi connectivity index (χ4v) is 3.33. The van der Waals surface area contributed by atoms with Crippen molar-refractivity contribution in [2.45, 2.75) is 26.2 Å². The van der Waals surface area contributed by atoms with Crippen LogP contribution in [0.15, 0.2) is 36.4 Å². The maximum Gasteiger partial charge on any atom is 0.229 e. The molecule has 0 atom stereocenters. The van der Waals surface area contributed by atoms with E-state index in [2.05, 4.69) is 15.3 Å². The largest absolute Gasteiger partial charge is 0.309 e. The first-order valence-corrected chi connectivity index (χ1v) is 8.81. The monoisotopic (exact) mass is 383 g/mol. The number of aromatic nitrogens is 2. The Balaban J connectivity index is 1.57. The van der Waals surface area contributed by atoms with Crippen LogP contribution in [0, 0.1) is 24.4 Å². The first kappa shape index (κ1) is 18.2. The van der Waals surface area contributed by atoms with E-state index in [0.29, 0.717) is 35.6 Å². The molecule has 1 aromatic heterocycles. The van der Waals surface area contributed by atoms with Gasteiger partial charge in [-0.25, -0.2) is 23.1 Å². The number of nitrogens with zero attached hydrogens (tertiary/aromatic N) is 2. The number of amides is 1. The quantitative estimate of drug-likeness (QED) is 0.739. The van der Waals surface area contributed by atoms with Crippen molar-refractivity contribution in [1.29, 1.82) is 0 Å². The van der Waals surface area contributed by atoms with Crippen LogP contribution in [0.1, 0.15) is 22.5 Å². The molecule has 7 heteroatoms. The number of anilines is 1. The van der Waals surface area contributed by atoms with Gasteiger partial charge in [-0.3, -0.25) is 4.79 Å². The average molecular weight is 383 g/mol. The summed E-state index contributed by atoms with van der Waals surface area (Å²) in [5, 5.41) is 2.69. The van der Waals surface area contributed by atoms with Gasteiger partial charge in [-0.05, 0) is 61.2 Å². The molecule has 1 N–H and O–H groups in total. The maximum absolute atomic E-state index is 13.5. The lowest BCUT2D eigenvalue weighted by Gasteiger charge is -2.20. The number of hydrogen-bond donors (Lipinski definition) is 1. The van der Waals surface area contributed by atoms with Gasteiger partial charge in [-0.15, -0.1) is 0 Å². The zero-order valence-corrected chi connectivity index (χ0v) is 15.0. The molecule has 0 unspecified atom stereocenters. The molecule has 0 bridgehead atoms. The first-order chi connectivity index (χ1) is 13.4. The summed E-state index contributed by atoms with van der Waals surface area (Å²) in [6.07, 6.45) is 1.11. The molecule has 1 heterocycles. The second-order valence-electron chi connectivity index (χ2n) is 6.73. The van der Waals surface area contributed by atoms with Crippen LogP contribution in [0.2, 0.25) is 0 Å². The van der Waals surface area contributed by atoms with Crippen LogP contribution in [0.5, 0.6) is 0 Å². The molecule has 1 aliphatic rings. The molecule has 1 aliphatic carbocycles. The van der Waals surface area contributed by atoms with Crippen molar-refractivity contribution in [3.63, 3.8) is 0 Å². The van der Waals surface area contributed by atoms with Crippen LogP contribution in [-0.2, 0) is 24.1 Å². The van der Waals surface area contributed by atoms with Crippen LogP contribution >= 0.6 is 0 Å². The van der Waals surface area contributed by atoms with Crippen molar-refractivity contribution in [2.24, 2.45) is 0 Å². The van der Waals surface area contributed by atoms with E-state index in [-0.39, 0.29) is 12.2 Å². The molecule has 1 amide bonds. The number of hydrogen-bond acceptors (Lipinski definition) is 3. The number of benzene rings is 2. The summed E-state index contributed by atoms with van der Waals surface area (Å²) in [6, 6.07) is 7.94. The van der Waals surface area contributed by atoms with E-state index < -0.39 is 17.5 Å². The molecule has 2 aromatic carbocycles. The second kappa shape index (κ2) is 7.07. The molecule has 0 aliphatic heterocycles. The number of halogens is 3. The molecule has 4 rings (SSSR count). The second-order valence-corrected chi connectivity index (χ2v) is 6.73. The van der Waals surface area contributed by atoms with Gasteiger partial charge in [0.1, 0.15) is 5.82 Å². The lowest BCUT2D eigenvalue weighted by Crippen LogP contribution is -2.19. The highest BCUT2D eigenvalue weighted by Crippen LogP contribution is 2.32. The van der Waals surface area contributed by atoms with Gasteiger partial charge < -0.3 is 5.32 Å². The van der Waals surface area contributed by atoms with Gasteiger partial charge in [0.25, 0.3) is 0 Å². The molecule has 142 valence electrons. The van der Waals surface area contributed by atoms with E-state index in [1.54, 1.807) is 13.0 Å². The number of aryl methyl sites for hydroxylation is 3. The summed E-state index contributed by atoms with van der Waals surface area (Å²) < 4.78 is 39.8. The molecular weight excluding hydrogens is 367 g/mol. The molecular formula is C21H16F3N3O. The smallest absolute Gasteiger partial charge is 0.229 e. The Morgan fingerprint density at radius 3 is 2.64 bits per heavy atom. The standard InChI is InChI=1S/C21H16F3N3O/c1-11-21(27-19(28)9-12-2-6-16(23)17(24)8-12)26-18-7-3-13-10-14(22)4-5-15(13)20(18)25-11/h2,4-6,8,10H,3,7,9H2,1H3,(H,26,27,28). The molecule has 0 fully saturated rings. The summed E-state index contributed by atoms with van der Waals surface area (Å²) in [4.78, 5) is 21.4. The van der Waals surface area contributed by atoms with E-state index >= 15 is 0 Å². The highest BCUT2D eigenvalue weighted by atomic mass is 19.2. The minimum absolute atomic E-state index is 0.114. The summed E-state index contributed by atoms with van der Waals surface area (Å²) in [5.74, 6) is -2.31. The van der Waals surface area contributed by atoms with Gasteiger partial charge >= 0.3 is 0 Å². The molecule has 0 spiro atoms. The Morgan fingerprint density at radius 1 is 1.04 bits per heavy atom. The summed E-state index contributed by atoms with van der Waals surface area (Å²) in [6.45, 7) is 1.72. The van der Waals surface area contributed by atoms with E-state index in [0.717, 1.165) is 29.0 Å². The van der Waals surface area contributed by atoms with E-state index in [1.807, 2.05) is 0 Å². The zero-order chi connectivity index (χ0) is 19.8. The van der Waals surface area contributed by atoms with E-state index in [9.17, 15) is 18.0 Å². The summed E-state index contributed by atoms with van der Waals surface area (Å²) in [7, 11) is 0. The van der Waals surface area contributed by atoms with Crippen molar-refractivity contribution in [3.8, 4) is 11.3 Å². The Hall–Kier alpha value is -3.22. The SMILES string of the molecule is Cc1nc2c(nc1NC(=O)Cc1ccc(F)c(F)c1)CCc1cc(F)ccc1-2. The lowest BCUT2D eigenvalue weighted by molar-refractivity contribution is -0.115. The Labute approximate surface area is 159 Å². The van der Waals surface area contributed by atoms with Gasteiger partial charge in [-0.1, -0.05) is 6.07 Å². The number of fused-ring (bicyclic) bond motifs is 3. The van der Waals surface area contributed by atoms with Crippen molar-refractivity contribution in [2.75, 3.05) is 5.32 Å². The minimum atomic E-state index is -0.995. The van der Waals surface area contributed by atoms with Gasteiger partial charge in [0.2, 0.25) is 5.91 Å². The fourth-order valence-electron chi connectivity index (χ4n) is 3.33. The van der Waals surface area contributed by atoms with Crippen LogP contribution in [0.3, 0.4) is 0 Å². The zero-order valence-electron chi connectivity index (χ0n) is 15.0. The van der Waals surface area contributed by atoms with Gasteiger partial charge in [0.05, 0.1) is 23.5 Å². The minimum Gasteiger partial charge on any atom is -0.309 e. The molecule has 0 saturated heterocycles. The summed E-state index contributed by atoms with van der Waals surface area (Å²) in [5.41, 5.74) is 4.03. The van der Waals surface area contributed by atoms with Crippen molar-refractivity contribution >= 4 is 11.7 Å². The number of carbonyl (C=O) groups excluding carboxylic acids is 1. The third-order valence-corrected chi connectivity index (χ3v) is 4.70.